The van der Waals surface area contributed by atoms with Crippen molar-refractivity contribution in [3.63, 3.8) is 0 Å². The maximum Gasteiger partial charge on any atom is 0.193 e. The van der Waals surface area contributed by atoms with Gasteiger partial charge in [0.2, 0.25) is 0 Å². The molecule has 17 heavy (non-hydrogen) atoms. The lowest BCUT2D eigenvalue weighted by Crippen LogP contribution is -2.51. The third-order valence-corrected chi connectivity index (χ3v) is 3.91. The van der Waals surface area contributed by atoms with Crippen LogP contribution in [0, 0.1) is 0 Å². The van der Waals surface area contributed by atoms with Crippen molar-refractivity contribution < 1.29 is 4.39 Å². The molecule has 0 bridgehead atoms. The second kappa shape index (κ2) is 7.09. The van der Waals surface area contributed by atoms with Gasteiger partial charge in [0.25, 0.3) is 0 Å². The lowest BCUT2D eigenvalue weighted by Gasteiger charge is -2.39. The van der Waals surface area contributed by atoms with Gasteiger partial charge in [-0.3, -0.25) is 9.38 Å². The zero-order valence-corrected chi connectivity index (χ0v) is 11.9. The number of nitrogens with zero attached hydrogens (tertiary/aromatic N) is 2. The van der Waals surface area contributed by atoms with Crippen molar-refractivity contribution in [2.75, 3.05) is 38.6 Å². The van der Waals surface area contributed by atoms with Crippen LogP contribution in [0.1, 0.15) is 27.2 Å². The maximum absolute atomic E-state index is 12.1. The summed E-state index contributed by atoms with van der Waals surface area (Å²) in [4.78, 5) is 6.76. The Kier molecular flexibility index (Phi) is 6.09. The molecule has 1 fully saturated rings. The van der Waals surface area contributed by atoms with Crippen LogP contribution >= 0.6 is 11.8 Å². The summed E-state index contributed by atoms with van der Waals surface area (Å²) in [6, 6.07) is 0. The normalized spacial score (nSPS) is 20.5. The summed E-state index contributed by atoms with van der Waals surface area (Å²) in [6.07, 6.45) is 0.515. The fraction of sp³-hybridized carbons (Fsp3) is 0.917. The van der Waals surface area contributed by atoms with Crippen molar-refractivity contribution in [3.05, 3.63) is 0 Å². The Hall–Kier alpha value is -0.450. The van der Waals surface area contributed by atoms with Gasteiger partial charge in [0.15, 0.2) is 5.96 Å². The van der Waals surface area contributed by atoms with Crippen LogP contribution in [0.2, 0.25) is 0 Å². The van der Waals surface area contributed by atoms with Crippen LogP contribution in [0.3, 0.4) is 0 Å². The monoisotopic (exact) mass is 261 g/mol. The number of hydrogen-bond acceptors (Lipinski definition) is 2. The average Bonchev–Trinajstić information content (AvgIpc) is 2.27. The van der Waals surface area contributed by atoms with E-state index in [-0.39, 0.29) is 11.4 Å². The number of rotatable bonds is 4. The van der Waals surface area contributed by atoms with Crippen molar-refractivity contribution in [1.29, 1.82) is 0 Å². The summed E-state index contributed by atoms with van der Waals surface area (Å²) in [6.45, 7) is 9.75. The number of alkyl halides is 1. The minimum Gasteiger partial charge on any atom is -0.357 e. The van der Waals surface area contributed by atoms with Gasteiger partial charge in [-0.25, -0.2) is 0 Å². The Morgan fingerprint density at radius 1 is 1.53 bits per heavy atom. The second-order valence-corrected chi connectivity index (χ2v) is 6.61. The number of aliphatic imine (C=N–C) groups is 1. The molecule has 1 rings (SSSR count). The van der Waals surface area contributed by atoms with Crippen molar-refractivity contribution in [3.8, 4) is 0 Å². The highest BCUT2D eigenvalue weighted by atomic mass is 32.2. The van der Waals surface area contributed by atoms with E-state index in [2.05, 4.69) is 36.0 Å². The Morgan fingerprint density at radius 2 is 2.29 bits per heavy atom. The molecule has 0 aromatic carbocycles. The lowest BCUT2D eigenvalue weighted by molar-refractivity contribution is 0.375. The number of nitrogens with one attached hydrogen (secondary N) is 1. The minimum atomic E-state index is -0.287. The molecule has 1 aliphatic heterocycles. The van der Waals surface area contributed by atoms with E-state index in [1.54, 1.807) is 0 Å². The van der Waals surface area contributed by atoms with Gasteiger partial charge in [0, 0.05) is 36.7 Å². The molecule has 1 heterocycles. The average molecular weight is 261 g/mol. The van der Waals surface area contributed by atoms with Crippen molar-refractivity contribution >= 4 is 17.7 Å². The molecule has 0 radical (unpaired) electrons. The quantitative estimate of drug-likeness (QED) is 0.477. The summed E-state index contributed by atoms with van der Waals surface area (Å²) < 4.78 is 12.4. The topological polar surface area (TPSA) is 27.6 Å². The van der Waals surface area contributed by atoms with E-state index in [1.165, 1.54) is 0 Å². The van der Waals surface area contributed by atoms with Crippen LogP contribution < -0.4 is 5.32 Å². The van der Waals surface area contributed by atoms with Crippen LogP contribution in [-0.2, 0) is 0 Å². The second-order valence-electron chi connectivity index (χ2n) is 4.81. The standard InChI is InChI=1S/C12H24FN3S/c1-4-14-11(15-7-5-6-13)16-8-9-17-12(2,3)10-16/h4-10H2,1-3H3,(H,14,15). The summed E-state index contributed by atoms with van der Waals surface area (Å²) in [5.41, 5.74) is 0. The summed E-state index contributed by atoms with van der Waals surface area (Å²) in [5.74, 6) is 2.06. The zero-order valence-electron chi connectivity index (χ0n) is 11.1. The number of thioether (sulfide) groups is 1. The molecule has 100 valence electrons. The van der Waals surface area contributed by atoms with Gasteiger partial charge >= 0.3 is 0 Å². The van der Waals surface area contributed by atoms with Gasteiger partial charge in [-0.2, -0.15) is 11.8 Å². The molecule has 0 amide bonds. The molecule has 0 spiro atoms. The van der Waals surface area contributed by atoms with Crippen LogP contribution in [0.4, 0.5) is 4.39 Å². The molecular formula is C12H24FN3S. The van der Waals surface area contributed by atoms with E-state index in [9.17, 15) is 4.39 Å². The van der Waals surface area contributed by atoms with E-state index < -0.39 is 0 Å². The summed E-state index contributed by atoms with van der Waals surface area (Å²) in [5, 5.41) is 3.29. The van der Waals surface area contributed by atoms with Crippen LogP contribution in [0.25, 0.3) is 0 Å². The van der Waals surface area contributed by atoms with Crippen molar-refractivity contribution in [1.82, 2.24) is 10.2 Å². The zero-order chi connectivity index (χ0) is 12.7. The lowest BCUT2D eigenvalue weighted by atomic mass is 10.2. The Labute approximate surface area is 108 Å². The predicted molar refractivity (Wildman–Crippen MR) is 74.7 cm³/mol. The highest BCUT2D eigenvalue weighted by Gasteiger charge is 2.28. The molecule has 1 saturated heterocycles. The first-order valence-corrected chi connectivity index (χ1v) is 7.31. The molecule has 0 aromatic heterocycles. The third-order valence-electron chi connectivity index (χ3n) is 2.61. The first-order valence-electron chi connectivity index (χ1n) is 6.32. The Bertz CT molecular complexity index is 256. The van der Waals surface area contributed by atoms with Gasteiger partial charge in [0.1, 0.15) is 0 Å². The molecular weight excluding hydrogens is 237 g/mol. The highest BCUT2D eigenvalue weighted by Crippen LogP contribution is 2.29. The van der Waals surface area contributed by atoms with Gasteiger partial charge in [-0.05, 0) is 27.2 Å². The van der Waals surface area contributed by atoms with Gasteiger partial charge in [-0.1, -0.05) is 0 Å². The predicted octanol–water partition coefficient (Wildman–Crippen LogP) is 2.14. The third kappa shape index (κ3) is 5.15. The van der Waals surface area contributed by atoms with E-state index >= 15 is 0 Å². The first-order chi connectivity index (χ1) is 8.09. The minimum absolute atomic E-state index is 0.272. The van der Waals surface area contributed by atoms with Gasteiger partial charge < -0.3 is 10.2 Å². The van der Waals surface area contributed by atoms with Crippen LogP contribution in [-0.4, -0.2) is 54.2 Å². The van der Waals surface area contributed by atoms with Crippen LogP contribution in [0.5, 0.6) is 0 Å². The largest absolute Gasteiger partial charge is 0.357 e. The van der Waals surface area contributed by atoms with Crippen molar-refractivity contribution in [2.24, 2.45) is 4.99 Å². The molecule has 0 saturated carbocycles. The molecule has 0 aromatic rings. The molecule has 1 N–H and O–H groups in total. The number of guanidine groups is 1. The van der Waals surface area contributed by atoms with E-state index in [0.717, 1.165) is 31.3 Å². The first kappa shape index (κ1) is 14.6. The maximum atomic E-state index is 12.1. The number of halogens is 1. The highest BCUT2D eigenvalue weighted by molar-refractivity contribution is 8.00. The fourth-order valence-corrected chi connectivity index (χ4v) is 2.98. The molecule has 0 atom stereocenters. The SMILES string of the molecule is CCNC(=NCCCF)N1CCSC(C)(C)C1. The molecule has 3 nitrogen and oxygen atoms in total. The van der Waals surface area contributed by atoms with Crippen LogP contribution in [0.15, 0.2) is 4.99 Å². The molecule has 1 aliphatic rings. The van der Waals surface area contributed by atoms with E-state index in [4.69, 9.17) is 0 Å². The van der Waals surface area contributed by atoms with Gasteiger partial charge in [-0.15, -0.1) is 0 Å². The Balaban J connectivity index is 2.59. The summed E-state index contributed by atoms with van der Waals surface area (Å²) in [7, 11) is 0. The van der Waals surface area contributed by atoms with Gasteiger partial charge in [0.05, 0.1) is 6.67 Å². The fourth-order valence-electron chi connectivity index (χ4n) is 1.87. The molecule has 0 aliphatic carbocycles. The number of hydrogen-bond donors (Lipinski definition) is 1. The van der Waals surface area contributed by atoms with E-state index in [1.807, 2.05) is 11.8 Å². The molecule has 5 heteroatoms. The van der Waals surface area contributed by atoms with Crippen molar-refractivity contribution in [2.45, 2.75) is 31.9 Å². The summed E-state index contributed by atoms with van der Waals surface area (Å²) >= 11 is 2.00. The smallest absolute Gasteiger partial charge is 0.193 e. The van der Waals surface area contributed by atoms with E-state index in [0.29, 0.717) is 13.0 Å². The Morgan fingerprint density at radius 3 is 2.88 bits per heavy atom. The molecule has 0 unspecified atom stereocenters.